The smallest absolute Gasteiger partial charge is 0.276 e. The van der Waals surface area contributed by atoms with Crippen LogP contribution in [0.2, 0.25) is 10.0 Å². The van der Waals surface area contributed by atoms with E-state index in [1.54, 1.807) is 23.7 Å². The highest BCUT2D eigenvalue weighted by Gasteiger charge is 2.40. The lowest BCUT2D eigenvalue weighted by atomic mass is 9.81. The van der Waals surface area contributed by atoms with Gasteiger partial charge in [0.05, 0.1) is 15.6 Å². The Bertz CT molecular complexity index is 1250. The Morgan fingerprint density at radius 2 is 1.74 bits per heavy atom. The topological polar surface area (TPSA) is 97.4 Å². The molecule has 3 aromatic rings. The van der Waals surface area contributed by atoms with Crippen molar-refractivity contribution in [2.24, 2.45) is 12.2 Å². The molecule has 1 fully saturated rings. The van der Waals surface area contributed by atoms with Gasteiger partial charge in [0.2, 0.25) is 0 Å². The molecule has 31 heavy (non-hydrogen) atoms. The molecule has 1 aliphatic heterocycles. The SMILES string of the molecule is Cn1c(C(=O)NC2(c3ccccc3)CCN(S(N)(=O)=O)CC2)cc2c(Cl)c(Cl)ccc21. The quantitative estimate of drug-likeness (QED) is 0.598. The van der Waals surface area contributed by atoms with Gasteiger partial charge >= 0.3 is 0 Å². The van der Waals surface area contributed by atoms with Gasteiger partial charge in [-0.15, -0.1) is 0 Å². The minimum absolute atomic E-state index is 0.213. The zero-order valence-corrected chi connectivity index (χ0v) is 19.1. The van der Waals surface area contributed by atoms with Gasteiger partial charge in [0.15, 0.2) is 0 Å². The third-order valence-corrected chi connectivity index (χ3v) is 7.86. The third kappa shape index (κ3) is 4.06. The van der Waals surface area contributed by atoms with Crippen molar-refractivity contribution in [3.8, 4) is 0 Å². The van der Waals surface area contributed by atoms with Crippen molar-refractivity contribution in [3.63, 3.8) is 0 Å². The minimum atomic E-state index is -3.78. The van der Waals surface area contributed by atoms with E-state index in [1.807, 2.05) is 36.4 Å². The summed E-state index contributed by atoms with van der Waals surface area (Å²) in [6.07, 6.45) is 0.797. The molecular formula is C21H22Cl2N4O3S. The van der Waals surface area contributed by atoms with Gasteiger partial charge in [0.25, 0.3) is 16.1 Å². The van der Waals surface area contributed by atoms with Gasteiger partial charge in [-0.1, -0.05) is 53.5 Å². The van der Waals surface area contributed by atoms with E-state index in [-0.39, 0.29) is 19.0 Å². The maximum Gasteiger partial charge on any atom is 0.276 e. The summed E-state index contributed by atoms with van der Waals surface area (Å²) in [4.78, 5) is 13.4. The van der Waals surface area contributed by atoms with Crippen molar-refractivity contribution in [2.45, 2.75) is 18.4 Å². The largest absolute Gasteiger partial charge is 0.341 e. The van der Waals surface area contributed by atoms with Gasteiger partial charge in [0, 0.05) is 31.0 Å². The van der Waals surface area contributed by atoms with Crippen molar-refractivity contribution in [1.82, 2.24) is 14.2 Å². The summed E-state index contributed by atoms with van der Waals surface area (Å²) in [5.41, 5.74) is 1.41. The van der Waals surface area contributed by atoms with Gasteiger partial charge in [-0.05, 0) is 36.6 Å². The molecule has 0 atom stereocenters. The highest BCUT2D eigenvalue weighted by atomic mass is 35.5. The van der Waals surface area contributed by atoms with Crippen LogP contribution < -0.4 is 10.5 Å². The van der Waals surface area contributed by atoms with E-state index < -0.39 is 15.7 Å². The highest BCUT2D eigenvalue weighted by molar-refractivity contribution is 7.86. The van der Waals surface area contributed by atoms with Gasteiger partial charge < -0.3 is 9.88 Å². The Labute approximate surface area is 190 Å². The van der Waals surface area contributed by atoms with Crippen LogP contribution in [0.25, 0.3) is 10.9 Å². The number of benzene rings is 2. The third-order valence-electron chi connectivity index (χ3n) is 5.96. The number of nitrogens with two attached hydrogens (primary N) is 1. The molecule has 4 rings (SSSR count). The number of halogens is 2. The van der Waals surface area contributed by atoms with Crippen LogP contribution >= 0.6 is 23.2 Å². The predicted molar refractivity (Wildman–Crippen MR) is 122 cm³/mol. The molecule has 10 heteroatoms. The average molecular weight is 481 g/mol. The standard InChI is InChI=1S/C21H22Cl2N4O3S/c1-26-17-8-7-16(22)19(23)15(17)13-18(26)20(28)25-21(14-5-3-2-4-6-14)9-11-27(12-10-21)31(24,29)30/h2-8,13H,9-12H2,1H3,(H,25,28)(H2,24,29,30). The molecule has 1 saturated heterocycles. The predicted octanol–water partition coefficient (Wildman–Crippen LogP) is 3.41. The summed E-state index contributed by atoms with van der Waals surface area (Å²) in [5, 5.41) is 9.99. The minimum Gasteiger partial charge on any atom is -0.341 e. The molecule has 0 spiro atoms. The molecule has 0 aliphatic carbocycles. The Morgan fingerprint density at radius 1 is 1.10 bits per heavy atom. The van der Waals surface area contributed by atoms with Gasteiger partial charge in [-0.3, -0.25) is 4.79 Å². The van der Waals surface area contributed by atoms with Gasteiger partial charge in [-0.25, -0.2) is 5.14 Å². The van der Waals surface area contributed by atoms with E-state index in [1.165, 1.54) is 4.31 Å². The molecule has 2 aromatic carbocycles. The molecule has 7 nitrogen and oxygen atoms in total. The Morgan fingerprint density at radius 3 is 2.35 bits per heavy atom. The second-order valence-corrected chi connectivity index (χ2v) is 10.1. The lowest BCUT2D eigenvalue weighted by Gasteiger charge is -2.41. The number of amides is 1. The zero-order valence-electron chi connectivity index (χ0n) is 16.8. The van der Waals surface area contributed by atoms with Crippen molar-refractivity contribution in [2.75, 3.05) is 13.1 Å². The normalized spacial score (nSPS) is 17.0. The summed E-state index contributed by atoms with van der Waals surface area (Å²) >= 11 is 12.5. The fourth-order valence-electron chi connectivity index (χ4n) is 4.21. The maximum atomic E-state index is 13.4. The summed E-state index contributed by atoms with van der Waals surface area (Å²) in [6, 6.07) is 14.8. The molecule has 1 aromatic heterocycles. The van der Waals surface area contributed by atoms with E-state index in [0.29, 0.717) is 34.0 Å². The fourth-order valence-corrected chi connectivity index (χ4v) is 5.28. The number of hydrogen-bond donors (Lipinski definition) is 2. The number of carbonyl (C=O) groups is 1. The first-order valence-corrected chi connectivity index (χ1v) is 12.0. The van der Waals surface area contributed by atoms with Crippen LogP contribution in [-0.4, -0.2) is 36.3 Å². The van der Waals surface area contributed by atoms with Crippen molar-refractivity contribution in [1.29, 1.82) is 0 Å². The fraction of sp³-hybridized carbons (Fsp3) is 0.286. The zero-order chi connectivity index (χ0) is 22.4. The second-order valence-electron chi connectivity index (χ2n) is 7.73. The molecule has 0 saturated carbocycles. The first-order valence-electron chi connectivity index (χ1n) is 9.72. The van der Waals surface area contributed by atoms with Crippen LogP contribution in [0.1, 0.15) is 28.9 Å². The molecule has 3 N–H and O–H groups in total. The number of aromatic nitrogens is 1. The van der Waals surface area contributed by atoms with Crippen molar-refractivity contribution < 1.29 is 13.2 Å². The van der Waals surface area contributed by atoms with Crippen LogP contribution in [0.5, 0.6) is 0 Å². The van der Waals surface area contributed by atoms with E-state index in [0.717, 1.165) is 11.1 Å². The monoisotopic (exact) mass is 480 g/mol. The molecule has 164 valence electrons. The Balaban J connectivity index is 1.70. The van der Waals surface area contributed by atoms with Gasteiger partial charge in [-0.2, -0.15) is 12.7 Å². The Hall–Kier alpha value is -2.10. The first-order chi connectivity index (χ1) is 14.6. The Kier molecular flexibility index (Phi) is 5.78. The lowest BCUT2D eigenvalue weighted by Crippen LogP contribution is -2.55. The summed E-state index contributed by atoms with van der Waals surface area (Å²) in [5.74, 6) is -0.279. The van der Waals surface area contributed by atoms with E-state index in [4.69, 9.17) is 28.3 Å². The number of rotatable bonds is 4. The first kappa shape index (κ1) is 22.1. The van der Waals surface area contributed by atoms with Crippen LogP contribution in [-0.2, 0) is 22.8 Å². The number of fused-ring (bicyclic) bond motifs is 1. The average Bonchev–Trinajstić information content (AvgIpc) is 3.08. The molecule has 0 radical (unpaired) electrons. The summed E-state index contributed by atoms with van der Waals surface area (Å²) in [7, 11) is -1.99. The molecule has 1 aliphatic rings. The van der Waals surface area contributed by atoms with Gasteiger partial charge in [0.1, 0.15) is 5.69 Å². The number of aryl methyl sites for hydroxylation is 1. The number of carbonyl (C=O) groups excluding carboxylic acids is 1. The molecular weight excluding hydrogens is 459 g/mol. The number of nitrogens with zero attached hydrogens (tertiary/aromatic N) is 2. The van der Waals surface area contributed by atoms with Crippen LogP contribution in [0.3, 0.4) is 0 Å². The maximum absolute atomic E-state index is 13.4. The number of piperidine rings is 1. The second kappa shape index (κ2) is 8.11. The van der Waals surface area contributed by atoms with Crippen molar-refractivity contribution in [3.05, 3.63) is 69.8 Å². The molecule has 2 heterocycles. The summed E-state index contributed by atoms with van der Waals surface area (Å²) in [6.45, 7) is 0.426. The van der Waals surface area contributed by atoms with Crippen LogP contribution in [0.15, 0.2) is 48.5 Å². The summed E-state index contributed by atoms with van der Waals surface area (Å²) < 4.78 is 26.5. The number of hydrogen-bond acceptors (Lipinski definition) is 3. The van der Waals surface area contributed by atoms with E-state index >= 15 is 0 Å². The van der Waals surface area contributed by atoms with E-state index in [2.05, 4.69) is 5.32 Å². The van der Waals surface area contributed by atoms with Crippen molar-refractivity contribution >= 4 is 50.2 Å². The highest BCUT2D eigenvalue weighted by Crippen LogP contribution is 2.35. The number of nitrogens with one attached hydrogen (secondary N) is 1. The van der Waals surface area contributed by atoms with E-state index in [9.17, 15) is 13.2 Å². The molecule has 0 unspecified atom stereocenters. The lowest BCUT2D eigenvalue weighted by molar-refractivity contribution is 0.0844. The van der Waals surface area contributed by atoms with Crippen LogP contribution in [0, 0.1) is 0 Å². The molecule has 1 amide bonds. The molecule has 0 bridgehead atoms. The van der Waals surface area contributed by atoms with Crippen LogP contribution in [0.4, 0.5) is 0 Å².